The second kappa shape index (κ2) is 11.4. The summed E-state index contributed by atoms with van der Waals surface area (Å²) in [6, 6.07) is 16.7. The maximum atomic E-state index is 13.2. The van der Waals surface area contributed by atoms with Crippen LogP contribution < -0.4 is 10.6 Å². The van der Waals surface area contributed by atoms with Crippen LogP contribution in [-0.2, 0) is 20.7 Å². The third-order valence-electron chi connectivity index (χ3n) is 5.69. The molecule has 8 heteroatoms. The number of hydrogen-bond donors (Lipinski definition) is 2. The molecule has 0 aliphatic heterocycles. The van der Waals surface area contributed by atoms with Gasteiger partial charge in [0.2, 0.25) is 0 Å². The van der Waals surface area contributed by atoms with Gasteiger partial charge in [0, 0.05) is 19.0 Å². The number of fused-ring (bicyclic) bond motifs is 2. The number of esters is 1. The number of hydrogen-bond acceptors (Lipinski definition) is 6. The van der Waals surface area contributed by atoms with Crippen LogP contribution in [0.25, 0.3) is 22.6 Å². The molecule has 0 radical (unpaired) electrons. The predicted molar refractivity (Wildman–Crippen MR) is 133 cm³/mol. The van der Waals surface area contributed by atoms with Crippen molar-refractivity contribution in [1.29, 1.82) is 0 Å². The van der Waals surface area contributed by atoms with Gasteiger partial charge in [-0.15, -0.1) is 0 Å². The highest BCUT2D eigenvalue weighted by molar-refractivity contribution is 6.07. The number of imide groups is 1. The summed E-state index contributed by atoms with van der Waals surface area (Å²) in [6.07, 6.45) is 4.50. The van der Waals surface area contributed by atoms with E-state index in [9.17, 15) is 14.4 Å². The number of carbonyl (C=O) groups excluding carboxylic acids is 3. The lowest BCUT2D eigenvalue weighted by Gasteiger charge is -2.22. The smallest absolute Gasteiger partial charge is 0.339 e. The van der Waals surface area contributed by atoms with E-state index < -0.39 is 24.5 Å². The Morgan fingerprint density at radius 3 is 2.60 bits per heavy atom. The standard InChI is InChI=1S/C27H27N3O5/c1-34-15-14-28-27(33)30-23(31)17-35-26(32)24-20-11-5-6-13-22(20)29-25-19(10-7-12-21(24)25)16-18-8-3-2-4-9-18/h2-6,8-9,11,13,16H,7,10,12,14-15,17H2,1H3,(H2,28,30,31,33)/b19-16+. The Kier molecular flexibility index (Phi) is 7.84. The number of carbonyl (C=O) groups is 3. The van der Waals surface area contributed by atoms with Gasteiger partial charge in [0.1, 0.15) is 0 Å². The van der Waals surface area contributed by atoms with Crippen LogP contribution >= 0.6 is 0 Å². The number of ether oxygens (including phenoxy) is 2. The number of pyridine rings is 1. The van der Waals surface area contributed by atoms with E-state index in [1.165, 1.54) is 7.11 Å². The lowest BCUT2D eigenvalue weighted by atomic mass is 9.86. The minimum atomic E-state index is -0.717. The molecular weight excluding hydrogens is 446 g/mol. The maximum Gasteiger partial charge on any atom is 0.339 e. The van der Waals surface area contributed by atoms with Crippen LogP contribution in [0.5, 0.6) is 0 Å². The van der Waals surface area contributed by atoms with Gasteiger partial charge in [0.05, 0.1) is 23.4 Å². The van der Waals surface area contributed by atoms with Crippen LogP contribution in [0, 0.1) is 0 Å². The molecule has 3 aromatic rings. The number of rotatable bonds is 7. The maximum absolute atomic E-state index is 13.2. The topological polar surface area (TPSA) is 107 Å². The lowest BCUT2D eigenvalue weighted by molar-refractivity contribution is -0.123. The van der Waals surface area contributed by atoms with Crippen molar-refractivity contribution in [1.82, 2.24) is 15.6 Å². The molecule has 0 unspecified atom stereocenters. The van der Waals surface area contributed by atoms with E-state index in [-0.39, 0.29) is 6.54 Å². The van der Waals surface area contributed by atoms with E-state index in [2.05, 4.69) is 16.7 Å². The number of methoxy groups -OCH3 is 1. The summed E-state index contributed by atoms with van der Waals surface area (Å²) < 4.78 is 10.2. The monoisotopic (exact) mass is 473 g/mol. The summed E-state index contributed by atoms with van der Waals surface area (Å²) in [5.74, 6) is -1.33. The van der Waals surface area contributed by atoms with Gasteiger partial charge in [-0.05, 0) is 48.1 Å². The van der Waals surface area contributed by atoms with Crippen molar-refractivity contribution in [2.75, 3.05) is 26.9 Å². The molecule has 0 fully saturated rings. The number of benzene rings is 2. The first-order valence-corrected chi connectivity index (χ1v) is 11.5. The number of allylic oxidation sites excluding steroid dienone is 1. The van der Waals surface area contributed by atoms with Gasteiger partial charge in [-0.25, -0.2) is 14.6 Å². The molecule has 0 atom stereocenters. The highest BCUT2D eigenvalue weighted by atomic mass is 16.5. The second-order valence-corrected chi connectivity index (χ2v) is 8.14. The fourth-order valence-corrected chi connectivity index (χ4v) is 4.14. The number of nitrogens with zero attached hydrogens (tertiary/aromatic N) is 1. The van der Waals surface area contributed by atoms with Gasteiger partial charge >= 0.3 is 12.0 Å². The first-order chi connectivity index (χ1) is 17.1. The average molecular weight is 474 g/mol. The van der Waals surface area contributed by atoms with Crippen LogP contribution in [0.15, 0.2) is 54.6 Å². The molecule has 2 N–H and O–H groups in total. The average Bonchev–Trinajstić information content (AvgIpc) is 2.87. The highest BCUT2D eigenvalue weighted by Crippen LogP contribution is 2.36. The first kappa shape index (κ1) is 24.1. The van der Waals surface area contributed by atoms with Gasteiger partial charge in [-0.1, -0.05) is 48.5 Å². The Morgan fingerprint density at radius 1 is 1.03 bits per heavy atom. The number of aromatic nitrogens is 1. The van der Waals surface area contributed by atoms with Gasteiger partial charge in [0.25, 0.3) is 5.91 Å². The van der Waals surface area contributed by atoms with Gasteiger partial charge in [-0.3, -0.25) is 10.1 Å². The van der Waals surface area contributed by atoms with E-state index in [4.69, 9.17) is 14.5 Å². The van der Waals surface area contributed by atoms with Crippen LogP contribution in [0.1, 0.15) is 40.0 Å². The Balaban J connectivity index is 1.59. The molecule has 35 heavy (non-hydrogen) atoms. The summed E-state index contributed by atoms with van der Waals surface area (Å²) in [5.41, 5.74) is 4.83. The number of amides is 3. The van der Waals surface area contributed by atoms with Crippen molar-refractivity contribution >= 4 is 40.5 Å². The Bertz CT molecular complexity index is 1270. The molecular formula is C27H27N3O5. The minimum Gasteiger partial charge on any atom is -0.452 e. The molecule has 180 valence electrons. The zero-order valence-electron chi connectivity index (χ0n) is 19.5. The number of para-hydroxylation sites is 1. The van der Waals surface area contributed by atoms with E-state index in [0.717, 1.165) is 35.2 Å². The van der Waals surface area contributed by atoms with Crippen LogP contribution in [-0.4, -0.2) is 49.8 Å². The summed E-state index contributed by atoms with van der Waals surface area (Å²) >= 11 is 0. The second-order valence-electron chi connectivity index (χ2n) is 8.14. The fraction of sp³-hybridized carbons (Fsp3) is 0.259. The van der Waals surface area contributed by atoms with Crippen molar-refractivity contribution in [2.24, 2.45) is 0 Å². The summed E-state index contributed by atoms with van der Waals surface area (Å²) in [7, 11) is 1.51. The van der Waals surface area contributed by atoms with Crippen molar-refractivity contribution in [3.63, 3.8) is 0 Å². The molecule has 0 saturated heterocycles. The van der Waals surface area contributed by atoms with Gasteiger partial charge in [0.15, 0.2) is 6.61 Å². The van der Waals surface area contributed by atoms with E-state index in [0.29, 0.717) is 29.5 Å². The molecule has 1 aromatic heterocycles. The van der Waals surface area contributed by atoms with Crippen molar-refractivity contribution in [2.45, 2.75) is 19.3 Å². The largest absolute Gasteiger partial charge is 0.452 e. The Hall–Kier alpha value is -4.04. The summed E-state index contributed by atoms with van der Waals surface area (Å²) in [4.78, 5) is 42.0. The van der Waals surface area contributed by atoms with Crippen LogP contribution in [0.2, 0.25) is 0 Å². The third-order valence-corrected chi connectivity index (χ3v) is 5.69. The zero-order chi connectivity index (χ0) is 24.6. The molecule has 8 nitrogen and oxygen atoms in total. The van der Waals surface area contributed by atoms with Crippen LogP contribution in [0.4, 0.5) is 4.79 Å². The van der Waals surface area contributed by atoms with Crippen molar-refractivity contribution < 1.29 is 23.9 Å². The molecule has 4 rings (SSSR count). The van der Waals surface area contributed by atoms with Crippen LogP contribution in [0.3, 0.4) is 0 Å². The SMILES string of the molecule is COCCNC(=O)NC(=O)COC(=O)c1c2c(nc3ccccc13)/C(=C/c1ccccc1)CCC2. The first-order valence-electron chi connectivity index (χ1n) is 11.5. The Labute approximate surface area is 203 Å². The fourth-order valence-electron chi connectivity index (χ4n) is 4.14. The molecule has 1 aliphatic rings. The zero-order valence-corrected chi connectivity index (χ0v) is 19.5. The summed E-state index contributed by atoms with van der Waals surface area (Å²) in [6.45, 7) is -0.00439. The quantitative estimate of drug-likeness (QED) is 0.400. The molecule has 1 aliphatic carbocycles. The molecule has 0 saturated carbocycles. The van der Waals surface area contributed by atoms with E-state index in [1.54, 1.807) is 0 Å². The number of urea groups is 1. The number of nitrogens with one attached hydrogen (secondary N) is 2. The lowest BCUT2D eigenvalue weighted by Crippen LogP contribution is -2.42. The molecule has 0 spiro atoms. The summed E-state index contributed by atoms with van der Waals surface area (Å²) in [5, 5.41) is 5.28. The normalized spacial score (nSPS) is 13.8. The van der Waals surface area contributed by atoms with Crippen molar-refractivity contribution in [3.8, 4) is 0 Å². The predicted octanol–water partition coefficient (Wildman–Crippen LogP) is 3.74. The molecule has 3 amide bonds. The molecule has 0 bridgehead atoms. The minimum absolute atomic E-state index is 0.253. The molecule has 2 aromatic carbocycles. The van der Waals surface area contributed by atoms with E-state index >= 15 is 0 Å². The third kappa shape index (κ3) is 5.91. The van der Waals surface area contributed by atoms with Gasteiger partial charge in [-0.2, -0.15) is 0 Å². The van der Waals surface area contributed by atoms with E-state index in [1.807, 2.05) is 54.6 Å². The van der Waals surface area contributed by atoms with Crippen molar-refractivity contribution in [3.05, 3.63) is 77.0 Å². The highest BCUT2D eigenvalue weighted by Gasteiger charge is 2.26. The molecule has 1 heterocycles. The Morgan fingerprint density at radius 2 is 1.80 bits per heavy atom. The van der Waals surface area contributed by atoms with Gasteiger partial charge < -0.3 is 14.8 Å².